The quantitative estimate of drug-likeness (QED) is 0.802. The highest BCUT2D eigenvalue weighted by Crippen LogP contribution is 2.31. The van der Waals surface area contributed by atoms with Crippen molar-refractivity contribution < 1.29 is 32.6 Å². The maximum atomic E-state index is 13.0. The Morgan fingerprint density at radius 1 is 1.22 bits per heavy atom. The number of rotatable bonds is 6. The summed E-state index contributed by atoms with van der Waals surface area (Å²) in [5.74, 6) is -1.15. The number of hydrogen-bond acceptors (Lipinski definition) is 3. The summed E-state index contributed by atoms with van der Waals surface area (Å²) < 4.78 is 40.7. The molecule has 1 unspecified atom stereocenters. The summed E-state index contributed by atoms with van der Waals surface area (Å²) in [6, 6.07) is 5.32. The standard InChI is InChI=1S/C19H24F3NO4/c1-18(2,14-6-8-15(9-7-14)27-19(20,21)22)17(26)23-11-3-4-13(12-23)5-10-16(24)25/h6-9,13H,3-5,10-12H2,1-2H3,(H,24,25). The highest BCUT2D eigenvalue weighted by molar-refractivity contribution is 5.87. The highest BCUT2D eigenvalue weighted by Gasteiger charge is 2.36. The van der Waals surface area contributed by atoms with E-state index < -0.39 is 17.7 Å². The van der Waals surface area contributed by atoms with E-state index in [-0.39, 0.29) is 24.0 Å². The van der Waals surface area contributed by atoms with Crippen LogP contribution in [0.1, 0.15) is 45.1 Å². The Balaban J connectivity index is 2.06. The van der Waals surface area contributed by atoms with Crippen LogP contribution < -0.4 is 4.74 Å². The highest BCUT2D eigenvalue weighted by atomic mass is 19.4. The van der Waals surface area contributed by atoms with Crippen LogP contribution in [0.15, 0.2) is 24.3 Å². The summed E-state index contributed by atoms with van der Waals surface area (Å²) in [6.07, 6.45) is -2.45. The first-order valence-electron chi connectivity index (χ1n) is 8.86. The van der Waals surface area contributed by atoms with E-state index in [2.05, 4.69) is 4.74 Å². The second kappa shape index (κ2) is 8.19. The molecule has 1 amide bonds. The van der Waals surface area contributed by atoms with Gasteiger partial charge in [-0.2, -0.15) is 0 Å². The van der Waals surface area contributed by atoms with Crippen LogP contribution in [-0.4, -0.2) is 41.3 Å². The van der Waals surface area contributed by atoms with Gasteiger partial charge < -0.3 is 14.7 Å². The number of hydrogen-bond donors (Lipinski definition) is 1. The van der Waals surface area contributed by atoms with Crippen molar-refractivity contribution in [2.24, 2.45) is 5.92 Å². The molecule has 1 aromatic carbocycles. The summed E-state index contributed by atoms with van der Waals surface area (Å²) in [6.45, 7) is 4.57. The Morgan fingerprint density at radius 3 is 2.41 bits per heavy atom. The lowest BCUT2D eigenvalue weighted by atomic mass is 9.82. The van der Waals surface area contributed by atoms with Crippen LogP contribution in [0.5, 0.6) is 5.75 Å². The van der Waals surface area contributed by atoms with Crippen molar-refractivity contribution in [1.82, 2.24) is 4.90 Å². The van der Waals surface area contributed by atoms with E-state index in [4.69, 9.17) is 5.11 Å². The smallest absolute Gasteiger partial charge is 0.481 e. The maximum Gasteiger partial charge on any atom is 0.573 e. The molecule has 1 atom stereocenters. The van der Waals surface area contributed by atoms with Crippen molar-refractivity contribution in [3.05, 3.63) is 29.8 Å². The van der Waals surface area contributed by atoms with E-state index >= 15 is 0 Å². The molecule has 0 aliphatic carbocycles. The van der Waals surface area contributed by atoms with Crippen molar-refractivity contribution in [3.63, 3.8) is 0 Å². The normalized spacial score (nSPS) is 18.3. The van der Waals surface area contributed by atoms with Gasteiger partial charge in [-0.25, -0.2) is 0 Å². The van der Waals surface area contributed by atoms with Crippen LogP contribution in [-0.2, 0) is 15.0 Å². The van der Waals surface area contributed by atoms with Gasteiger partial charge in [0, 0.05) is 19.5 Å². The lowest BCUT2D eigenvalue weighted by Crippen LogP contribution is -2.48. The average Bonchev–Trinajstić information content (AvgIpc) is 2.58. The van der Waals surface area contributed by atoms with Crippen LogP contribution in [0.2, 0.25) is 0 Å². The lowest BCUT2D eigenvalue weighted by molar-refractivity contribution is -0.274. The molecule has 1 fully saturated rings. The number of amides is 1. The summed E-state index contributed by atoms with van der Waals surface area (Å²) in [4.78, 5) is 25.5. The molecule has 0 saturated carbocycles. The molecular formula is C19H24F3NO4. The van der Waals surface area contributed by atoms with Crippen LogP contribution in [0, 0.1) is 5.92 Å². The number of carbonyl (C=O) groups is 2. The number of piperidine rings is 1. The molecule has 8 heteroatoms. The zero-order chi connectivity index (χ0) is 20.2. The first-order chi connectivity index (χ1) is 12.5. The Hall–Kier alpha value is -2.25. The lowest BCUT2D eigenvalue weighted by Gasteiger charge is -2.38. The molecule has 27 heavy (non-hydrogen) atoms. The van der Waals surface area contributed by atoms with E-state index in [9.17, 15) is 22.8 Å². The Labute approximate surface area is 156 Å². The van der Waals surface area contributed by atoms with Gasteiger partial charge >= 0.3 is 12.3 Å². The van der Waals surface area contributed by atoms with Crippen LogP contribution >= 0.6 is 0 Å². The van der Waals surface area contributed by atoms with E-state index in [0.717, 1.165) is 12.8 Å². The predicted octanol–water partition coefficient (Wildman–Crippen LogP) is 3.97. The van der Waals surface area contributed by atoms with Crippen molar-refractivity contribution in [2.75, 3.05) is 13.1 Å². The monoisotopic (exact) mass is 387 g/mol. The van der Waals surface area contributed by atoms with Gasteiger partial charge in [-0.15, -0.1) is 13.2 Å². The zero-order valence-electron chi connectivity index (χ0n) is 15.4. The molecule has 0 spiro atoms. The first kappa shape index (κ1) is 21.1. The molecule has 2 rings (SSSR count). The average molecular weight is 387 g/mol. The van der Waals surface area contributed by atoms with Gasteiger partial charge in [0.15, 0.2) is 0 Å². The molecule has 150 valence electrons. The van der Waals surface area contributed by atoms with Crippen LogP contribution in [0.3, 0.4) is 0 Å². The molecule has 0 aromatic heterocycles. The molecule has 1 aliphatic heterocycles. The molecule has 1 aliphatic rings. The van der Waals surface area contributed by atoms with Gasteiger partial charge in [0.2, 0.25) is 5.91 Å². The zero-order valence-corrected chi connectivity index (χ0v) is 15.4. The molecule has 1 saturated heterocycles. The van der Waals surface area contributed by atoms with Crippen molar-refractivity contribution in [3.8, 4) is 5.75 Å². The third-order valence-corrected chi connectivity index (χ3v) is 4.92. The molecular weight excluding hydrogens is 363 g/mol. The van der Waals surface area contributed by atoms with Gasteiger partial charge in [0.25, 0.3) is 0 Å². The number of carboxylic acid groups (broad SMARTS) is 1. The Bertz CT molecular complexity index is 671. The van der Waals surface area contributed by atoms with Gasteiger partial charge in [-0.3, -0.25) is 9.59 Å². The van der Waals surface area contributed by atoms with E-state index in [0.29, 0.717) is 25.1 Å². The minimum atomic E-state index is -4.76. The number of aliphatic carboxylic acids is 1. The third kappa shape index (κ3) is 5.87. The number of halogens is 3. The predicted molar refractivity (Wildman–Crippen MR) is 92.3 cm³/mol. The molecule has 1 heterocycles. The van der Waals surface area contributed by atoms with Gasteiger partial charge in [0.05, 0.1) is 5.41 Å². The second-order valence-electron chi connectivity index (χ2n) is 7.39. The first-order valence-corrected chi connectivity index (χ1v) is 8.86. The SMILES string of the molecule is CC(C)(C(=O)N1CCCC(CCC(=O)O)C1)c1ccc(OC(F)(F)F)cc1. The summed E-state index contributed by atoms with van der Waals surface area (Å²) in [5.41, 5.74) is -0.319. The van der Waals surface area contributed by atoms with Crippen LogP contribution in [0.25, 0.3) is 0 Å². The fourth-order valence-corrected chi connectivity index (χ4v) is 3.40. The van der Waals surface area contributed by atoms with Gasteiger partial charge in [0.1, 0.15) is 5.75 Å². The maximum absolute atomic E-state index is 13.0. The summed E-state index contributed by atoms with van der Waals surface area (Å²) in [5, 5.41) is 8.83. The topological polar surface area (TPSA) is 66.8 Å². The van der Waals surface area contributed by atoms with Crippen molar-refractivity contribution in [2.45, 2.75) is 51.3 Å². The number of alkyl halides is 3. The van der Waals surface area contributed by atoms with E-state index in [1.807, 2.05) is 0 Å². The van der Waals surface area contributed by atoms with E-state index in [1.165, 1.54) is 24.3 Å². The number of likely N-dealkylation sites (tertiary alicyclic amines) is 1. The number of nitrogens with zero attached hydrogens (tertiary/aromatic N) is 1. The molecule has 1 aromatic rings. The van der Waals surface area contributed by atoms with Crippen molar-refractivity contribution in [1.29, 1.82) is 0 Å². The third-order valence-electron chi connectivity index (χ3n) is 4.92. The van der Waals surface area contributed by atoms with E-state index in [1.54, 1.807) is 18.7 Å². The Kier molecular flexibility index (Phi) is 6.38. The van der Waals surface area contributed by atoms with Crippen LogP contribution in [0.4, 0.5) is 13.2 Å². The summed E-state index contributed by atoms with van der Waals surface area (Å²) in [7, 11) is 0. The number of carboxylic acids is 1. The molecule has 0 radical (unpaired) electrons. The van der Waals surface area contributed by atoms with Gasteiger partial charge in [-0.05, 0) is 56.7 Å². The molecule has 1 N–H and O–H groups in total. The second-order valence-corrected chi connectivity index (χ2v) is 7.39. The minimum absolute atomic E-state index is 0.0801. The molecule has 0 bridgehead atoms. The fourth-order valence-electron chi connectivity index (χ4n) is 3.40. The molecule has 5 nitrogen and oxygen atoms in total. The summed E-state index contributed by atoms with van der Waals surface area (Å²) >= 11 is 0. The number of ether oxygens (including phenoxy) is 1. The largest absolute Gasteiger partial charge is 0.573 e. The fraction of sp³-hybridized carbons (Fsp3) is 0.579. The number of carbonyl (C=O) groups excluding carboxylic acids is 1. The van der Waals surface area contributed by atoms with Gasteiger partial charge in [-0.1, -0.05) is 12.1 Å². The number of benzene rings is 1. The van der Waals surface area contributed by atoms with Crippen molar-refractivity contribution >= 4 is 11.9 Å². The Morgan fingerprint density at radius 2 is 1.85 bits per heavy atom. The minimum Gasteiger partial charge on any atom is -0.481 e.